The van der Waals surface area contributed by atoms with Gasteiger partial charge >= 0.3 is 6.03 Å². The van der Waals surface area contributed by atoms with Crippen molar-refractivity contribution in [2.75, 3.05) is 5.32 Å². The number of aromatic amines is 1. The van der Waals surface area contributed by atoms with Gasteiger partial charge in [0, 0.05) is 40.5 Å². The summed E-state index contributed by atoms with van der Waals surface area (Å²) in [4.78, 5) is 20.1. The fourth-order valence-corrected chi connectivity index (χ4v) is 3.06. The summed E-state index contributed by atoms with van der Waals surface area (Å²) in [6.45, 7) is 1.87. The molecule has 0 unspecified atom stereocenters. The zero-order chi connectivity index (χ0) is 20.4. The monoisotopic (exact) mass is 410 g/mol. The van der Waals surface area contributed by atoms with E-state index in [4.69, 9.17) is 11.6 Å². The molecule has 0 radical (unpaired) electrons. The first-order chi connectivity index (χ1) is 14.0. The minimum absolute atomic E-state index is 0.212. The Morgan fingerprint density at radius 3 is 2.72 bits per heavy atom. The molecular weight excluding hydrogens is 395 g/mol. The summed E-state index contributed by atoms with van der Waals surface area (Å²) >= 11 is 5.89. The summed E-state index contributed by atoms with van der Waals surface area (Å²) in [7, 11) is 0. The second-order valence-corrected chi connectivity index (χ2v) is 6.86. The first-order valence-electron chi connectivity index (χ1n) is 8.78. The molecule has 9 heteroatoms. The average Bonchev–Trinajstić information content (AvgIpc) is 3.11. The largest absolute Gasteiger partial charge is 0.331 e. The van der Waals surface area contributed by atoms with E-state index in [1.54, 1.807) is 30.5 Å². The zero-order valence-electron chi connectivity index (χ0n) is 15.3. The van der Waals surface area contributed by atoms with Gasteiger partial charge in [-0.1, -0.05) is 23.7 Å². The Kier molecular flexibility index (Phi) is 5.09. The Bertz CT molecular complexity index is 1180. The number of carbonyl (C=O) groups is 1. The molecule has 3 aromatic heterocycles. The highest BCUT2D eigenvalue weighted by molar-refractivity contribution is 6.30. The number of urea groups is 1. The lowest BCUT2D eigenvalue weighted by Gasteiger charge is -2.15. The van der Waals surface area contributed by atoms with Crippen molar-refractivity contribution >= 4 is 34.4 Å². The van der Waals surface area contributed by atoms with Crippen LogP contribution in [-0.4, -0.2) is 26.2 Å². The molecule has 1 atom stereocenters. The van der Waals surface area contributed by atoms with Gasteiger partial charge in [-0.3, -0.25) is 10.4 Å². The number of aromatic nitrogens is 4. The molecule has 0 aliphatic rings. The van der Waals surface area contributed by atoms with Crippen molar-refractivity contribution in [3.63, 3.8) is 0 Å². The van der Waals surface area contributed by atoms with E-state index in [1.165, 1.54) is 12.3 Å². The highest BCUT2D eigenvalue weighted by Gasteiger charge is 2.13. The van der Waals surface area contributed by atoms with Crippen molar-refractivity contribution < 1.29 is 9.18 Å². The Hall–Kier alpha value is -3.52. The van der Waals surface area contributed by atoms with Crippen LogP contribution in [-0.2, 0) is 0 Å². The molecule has 4 rings (SSSR count). The molecule has 3 N–H and O–H groups in total. The van der Waals surface area contributed by atoms with Crippen LogP contribution in [0.25, 0.3) is 22.2 Å². The Morgan fingerprint density at radius 2 is 1.97 bits per heavy atom. The van der Waals surface area contributed by atoms with E-state index in [0.29, 0.717) is 33.0 Å². The summed E-state index contributed by atoms with van der Waals surface area (Å²) in [5.41, 5.74) is 2.73. The van der Waals surface area contributed by atoms with Gasteiger partial charge in [-0.25, -0.2) is 14.8 Å². The molecule has 2 amide bonds. The van der Waals surface area contributed by atoms with Crippen LogP contribution < -0.4 is 10.6 Å². The van der Waals surface area contributed by atoms with Gasteiger partial charge in [0.1, 0.15) is 11.5 Å². The van der Waals surface area contributed by atoms with Crippen LogP contribution in [0.15, 0.2) is 54.9 Å². The summed E-state index contributed by atoms with van der Waals surface area (Å²) in [5, 5.41) is 14.0. The molecule has 0 aliphatic heterocycles. The van der Waals surface area contributed by atoms with Gasteiger partial charge in [0.05, 0.1) is 11.6 Å². The number of nitrogens with one attached hydrogen (secondary N) is 3. The molecular formula is C20H16ClFN6O. The van der Waals surface area contributed by atoms with E-state index in [0.717, 1.165) is 5.56 Å². The third-order valence-electron chi connectivity index (χ3n) is 4.41. The first-order valence-corrected chi connectivity index (χ1v) is 9.16. The van der Waals surface area contributed by atoms with Gasteiger partial charge in [-0.15, -0.1) is 0 Å². The number of hydrogen-bond donors (Lipinski definition) is 3. The van der Waals surface area contributed by atoms with Crippen molar-refractivity contribution in [3.05, 3.63) is 71.4 Å². The number of rotatable bonds is 4. The number of halogens is 2. The number of fused-ring (bicyclic) bond motifs is 1. The van der Waals surface area contributed by atoms with Crippen molar-refractivity contribution in [2.45, 2.75) is 13.0 Å². The van der Waals surface area contributed by atoms with Gasteiger partial charge in [-0.05, 0) is 30.7 Å². The van der Waals surface area contributed by atoms with Gasteiger partial charge in [0.15, 0.2) is 0 Å². The van der Waals surface area contributed by atoms with Crippen LogP contribution in [0.2, 0.25) is 5.02 Å². The van der Waals surface area contributed by atoms with Crippen LogP contribution in [0.1, 0.15) is 18.5 Å². The number of H-pyrrole nitrogens is 1. The number of benzene rings is 1. The Balaban J connectivity index is 1.48. The lowest BCUT2D eigenvalue weighted by atomic mass is 10.1. The predicted octanol–water partition coefficient (Wildman–Crippen LogP) is 4.70. The van der Waals surface area contributed by atoms with Crippen molar-refractivity contribution in [1.29, 1.82) is 0 Å². The quantitative estimate of drug-likeness (QED) is 0.425. The fraction of sp³-hybridized carbons (Fsp3) is 0.100. The third kappa shape index (κ3) is 4.17. The molecule has 0 bridgehead atoms. The number of anilines is 1. The van der Waals surface area contributed by atoms with Crippen LogP contribution in [0.5, 0.6) is 0 Å². The Morgan fingerprint density at radius 1 is 1.17 bits per heavy atom. The SMILES string of the molecule is C[C@@H](NC(=O)Nc1cc2[nH]nc(-c3ccnc(F)c3)c2cn1)c1ccc(Cl)cc1. The lowest BCUT2D eigenvalue weighted by Crippen LogP contribution is -2.31. The molecule has 0 saturated carbocycles. The Labute approximate surface area is 170 Å². The van der Waals surface area contributed by atoms with E-state index in [1.807, 2.05) is 19.1 Å². The number of carbonyl (C=O) groups excluding carboxylic acids is 1. The second-order valence-electron chi connectivity index (χ2n) is 6.43. The summed E-state index contributed by atoms with van der Waals surface area (Å²) in [6, 6.07) is 11.3. The minimum Gasteiger partial charge on any atom is -0.331 e. The standard InChI is InChI=1S/C20H16ClFN6O/c1-11(12-2-4-14(21)5-3-12)25-20(29)26-18-9-16-15(10-24-18)19(28-27-16)13-6-7-23-17(22)8-13/h2-11H,1H3,(H,27,28)(H2,24,25,26,29)/t11-/m1/s1. The van der Waals surface area contributed by atoms with E-state index in [9.17, 15) is 9.18 Å². The second kappa shape index (κ2) is 7.84. The number of pyridine rings is 2. The van der Waals surface area contributed by atoms with Crippen molar-refractivity contribution in [2.24, 2.45) is 0 Å². The molecule has 7 nitrogen and oxygen atoms in total. The molecule has 1 aromatic carbocycles. The van der Waals surface area contributed by atoms with Crippen LogP contribution in [0.4, 0.5) is 15.0 Å². The topological polar surface area (TPSA) is 95.6 Å². The van der Waals surface area contributed by atoms with Gasteiger partial charge in [0.25, 0.3) is 0 Å². The minimum atomic E-state index is -0.587. The van der Waals surface area contributed by atoms with Crippen LogP contribution in [0.3, 0.4) is 0 Å². The maximum Gasteiger partial charge on any atom is 0.320 e. The fourth-order valence-electron chi connectivity index (χ4n) is 2.93. The van der Waals surface area contributed by atoms with E-state index < -0.39 is 12.0 Å². The number of nitrogens with zero attached hydrogens (tertiary/aromatic N) is 3. The molecule has 29 heavy (non-hydrogen) atoms. The molecule has 146 valence electrons. The highest BCUT2D eigenvalue weighted by Crippen LogP contribution is 2.27. The number of amides is 2. The maximum absolute atomic E-state index is 13.4. The molecule has 0 fully saturated rings. The molecule has 0 aliphatic carbocycles. The smallest absolute Gasteiger partial charge is 0.320 e. The van der Waals surface area contributed by atoms with E-state index in [2.05, 4.69) is 30.8 Å². The predicted molar refractivity (Wildman–Crippen MR) is 109 cm³/mol. The summed E-state index contributed by atoms with van der Waals surface area (Å²) in [5.74, 6) is -0.231. The molecule has 0 spiro atoms. The van der Waals surface area contributed by atoms with E-state index in [-0.39, 0.29) is 6.04 Å². The third-order valence-corrected chi connectivity index (χ3v) is 4.66. The summed E-state index contributed by atoms with van der Waals surface area (Å²) < 4.78 is 13.4. The normalized spacial score (nSPS) is 12.0. The van der Waals surface area contributed by atoms with Crippen LogP contribution >= 0.6 is 11.6 Å². The van der Waals surface area contributed by atoms with Gasteiger partial charge in [0.2, 0.25) is 5.95 Å². The average molecular weight is 411 g/mol. The molecule has 3 heterocycles. The van der Waals surface area contributed by atoms with Gasteiger partial charge < -0.3 is 5.32 Å². The first kappa shape index (κ1) is 18.8. The van der Waals surface area contributed by atoms with Gasteiger partial charge in [-0.2, -0.15) is 9.49 Å². The van der Waals surface area contributed by atoms with Crippen LogP contribution in [0, 0.1) is 5.95 Å². The molecule has 0 saturated heterocycles. The molecule has 4 aromatic rings. The van der Waals surface area contributed by atoms with E-state index >= 15 is 0 Å². The highest BCUT2D eigenvalue weighted by atomic mass is 35.5. The summed E-state index contributed by atoms with van der Waals surface area (Å²) in [6.07, 6.45) is 2.95. The number of hydrogen-bond acceptors (Lipinski definition) is 4. The maximum atomic E-state index is 13.4. The lowest BCUT2D eigenvalue weighted by molar-refractivity contribution is 0.249. The van der Waals surface area contributed by atoms with Crippen molar-refractivity contribution in [1.82, 2.24) is 25.5 Å². The van der Waals surface area contributed by atoms with Crippen molar-refractivity contribution in [3.8, 4) is 11.3 Å². The zero-order valence-corrected chi connectivity index (χ0v) is 16.0.